The van der Waals surface area contributed by atoms with Crippen molar-refractivity contribution in [1.29, 1.82) is 0 Å². The predicted molar refractivity (Wildman–Crippen MR) is 74.0 cm³/mol. The van der Waals surface area contributed by atoms with Gasteiger partial charge in [-0.05, 0) is 43.5 Å². The molecule has 0 saturated carbocycles. The van der Waals surface area contributed by atoms with Gasteiger partial charge in [-0.25, -0.2) is 4.98 Å². The van der Waals surface area contributed by atoms with Crippen molar-refractivity contribution < 1.29 is 5.11 Å². The van der Waals surface area contributed by atoms with Crippen molar-refractivity contribution in [3.63, 3.8) is 0 Å². The van der Waals surface area contributed by atoms with Crippen LogP contribution in [0.5, 0.6) is 5.75 Å². The first-order valence-electron chi connectivity index (χ1n) is 6.84. The molecule has 0 amide bonds. The zero-order valence-corrected chi connectivity index (χ0v) is 10.9. The maximum atomic E-state index is 9.27. The molecule has 1 aromatic carbocycles. The lowest BCUT2D eigenvalue weighted by atomic mass is 10.1. The van der Waals surface area contributed by atoms with Gasteiger partial charge in [-0.15, -0.1) is 0 Å². The Morgan fingerprint density at radius 3 is 2.89 bits per heavy atom. The van der Waals surface area contributed by atoms with E-state index in [2.05, 4.69) is 14.9 Å². The van der Waals surface area contributed by atoms with E-state index in [-0.39, 0.29) is 0 Å². The monoisotopic (exact) mass is 257 g/mol. The largest absolute Gasteiger partial charge is 0.508 e. The van der Waals surface area contributed by atoms with E-state index in [1.165, 1.54) is 24.1 Å². The number of aromatic hydroxyl groups is 1. The fourth-order valence-electron chi connectivity index (χ4n) is 2.66. The molecule has 0 radical (unpaired) electrons. The van der Waals surface area contributed by atoms with Crippen LogP contribution >= 0.6 is 0 Å². The van der Waals surface area contributed by atoms with E-state index in [0.29, 0.717) is 11.8 Å². The van der Waals surface area contributed by atoms with Crippen LogP contribution in [0.15, 0.2) is 36.8 Å². The topological polar surface area (TPSA) is 50.1 Å². The van der Waals surface area contributed by atoms with Crippen LogP contribution in [-0.4, -0.2) is 21.2 Å². The van der Waals surface area contributed by atoms with Gasteiger partial charge in [0.05, 0.1) is 12.0 Å². The van der Waals surface area contributed by atoms with Crippen molar-refractivity contribution in [1.82, 2.24) is 14.9 Å². The van der Waals surface area contributed by atoms with Crippen LogP contribution in [0, 0.1) is 0 Å². The Hall–Kier alpha value is -1.81. The minimum Gasteiger partial charge on any atom is -0.508 e. The summed E-state index contributed by atoms with van der Waals surface area (Å²) in [6, 6.07) is 7.88. The predicted octanol–water partition coefficient (Wildman–Crippen LogP) is 2.26. The molecule has 0 bridgehead atoms. The zero-order valence-electron chi connectivity index (χ0n) is 10.9. The SMILES string of the molecule is Oc1ccc(CCn2cncc2C2CCCN2)cc1. The molecule has 1 fully saturated rings. The third kappa shape index (κ3) is 2.79. The highest BCUT2D eigenvalue weighted by Gasteiger charge is 2.19. The van der Waals surface area contributed by atoms with E-state index >= 15 is 0 Å². The Morgan fingerprint density at radius 2 is 2.16 bits per heavy atom. The molecule has 2 aromatic rings. The van der Waals surface area contributed by atoms with Gasteiger partial charge in [0, 0.05) is 18.8 Å². The van der Waals surface area contributed by atoms with Gasteiger partial charge >= 0.3 is 0 Å². The first-order valence-corrected chi connectivity index (χ1v) is 6.84. The molecule has 19 heavy (non-hydrogen) atoms. The minimum absolute atomic E-state index is 0.322. The number of nitrogens with zero attached hydrogens (tertiary/aromatic N) is 2. The third-order valence-corrected chi connectivity index (χ3v) is 3.74. The molecule has 2 heterocycles. The quantitative estimate of drug-likeness (QED) is 0.883. The molecule has 3 rings (SSSR count). The average molecular weight is 257 g/mol. The molecule has 1 unspecified atom stereocenters. The molecular formula is C15H19N3O. The Bertz CT molecular complexity index is 527. The number of aromatic nitrogens is 2. The number of hydrogen-bond donors (Lipinski definition) is 2. The summed E-state index contributed by atoms with van der Waals surface area (Å²) >= 11 is 0. The van der Waals surface area contributed by atoms with Crippen LogP contribution in [-0.2, 0) is 13.0 Å². The lowest BCUT2D eigenvalue weighted by Crippen LogP contribution is -2.17. The Morgan fingerprint density at radius 1 is 1.32 bits per heavy atom. The molecule has 4 heteroatoms. The van der Waals surface area contributed by atoms with Crippen LogP contribution < -0.4 is 5.32 Å². The van der Waals surface area contributed by atoms with Crippen LogP contribution in [0.25, 0.3) is 0 Å². The number of rotatable bonds is 4. The second-order valence-corrected chi connectivity index (χ2v) is 5.08. The first-order chi connectivity index (χ1) is 9.33. The maximum absolute atomic E-state index is 9.27. The van der Waals surface area contributed by atoms with Gasteiger partial charge in [-0.3, -0.25) is 0 Å². The summed E-state index contributed by atoms with van der Waals surface area (Å²) in [5, 5.41) is 12.8. The average Bonchev–Trinajstić information content (AvgIpc) is 3.08. The highest BCUT2D eigenvalue weighted by atomic mass is 16.3. The number of phenols is 1. The molecule has 4 nitrogen and oxygen atoms in total. The molecular weight excluding hydrogens is 238 g/mol. The molecule has 1 atom stereocenters. The van der Waals surface area contributed by atoms with Crippen LogP contribution in [0.2, 0.25) is 0 Å². The van der Waals surface area contributed by atoms with Crippen molar-refractivity contribution >= 4 is 0 Å². The summed E-state index contributed by atoms with van der Waals surface area (Å²) in [6.07, 6.45) is 7.28. The molecule has 0 aliphatic carbocycles. The highest BCUT2D eigenvalue weighted by molar-refractivity contribution is 5.26. The van der Waals surface area contributed by atoms with Gasteiger partial charge in [0.2, 0.25) is 0 Å². The summed E-state index contributed by atoms with van der Waals surface area (Å²) in [5.74, 6) is 0.322. The number of phenolic OH excluding ortho intramolecular Hbond substituents is 1. The minimum atomic E-state index is 0.322. The summed E-state index contributed by atoms with van der Waals surface area (Å²) in [5.41, 5.74) is 2.52. The fraction of sp³-hybridized carbons (Fsp3) is 0.400. The number of hydrogen-bond acceptors (Lipinski definition) is 3. The second kappa shape index (κ2) is 5.45. The Kier molecular flexibility index (Phi) is 3.51. The summed E-state index contributed by atoms with van der Waals surface area (Å²) in [6.45, 7) is 2.03. The van der Waals surface area contributed by atoms with Crippen molar-refractivity contribution in [2.45, 2.75) is 31.8 Å². The van der Waals surface area contributed by atoms with Crippen molar-refractivity contribution in [2.75, 3.05) is 6.54 Å². The standard InChI is InChI=1S/C15H19N3O/c19-13-5-3-12(4-6-13)7-9-18-11-16-10-15(18)14-2-1-8-17-14/h3-6,10-11,14,17,19H,1-2,7-9H2. The van der Waals surface area contributed by atoms with Crippen LogP contribution in [0.1, 0.15) is 30.1 Å². The van der Waals surface area contributed by atoms with E-state index in [9.17, 15) is 5.11 Å². The smallest absolute Gasteiger partial charge is 0.115 e. The number of benzene rings is 1. The molecule has 1 aromatic heterocycles. The van der Waals surface area contributed by atoms with Gasteiger partial charge in [0.1, 0.15) is 5.75 Å². The molecule has 0 spiro atoms. The molecule has 1 aliphatic heterocycles. The summed E-state index contributed by atoms with van der Waals surface area (Å²) in [4.78, 5) is 4.28. The van der Waals surface area contributed by atoms with E-state index in [0.717, 1.165) is 19.5 Å². The van der Waals surface area contributed by atoms with Gasteiger partial charge < -0.3 is 15.0 Å². The fourth-order valence-corrected chi connectivity index (χ4v) is 2.66. The Balaban J connectivity index is 1.66. The normalized spacial score (nSPS) is 18.8. The van der Waals surface area contributed by atoms with E-state index in [4.69, 9.17) is 0 Å². The number of imidazole rings is 1. The molecule has 2 N–H and O–H groups in total. The van der Waals surface area contributed by atoms with E-state index in [1.54, 1.807) is 12.1 Å². The Labute approximate surface area is 113 Å². The molecule has 1 saturated heterocycles. The molecule has 100 valence electrons. The summed E-state index contributed by atoms with van der Waals surface area (Å²) in [7, 11) is 0. The van der Waals surface area contributed by atoms with E-state index in [1.807, 2.05) is 24.7 Å². The lowest BCUT2D eigenvalue weighted by molar-refractivity contribution is 0.475. The van der Waals surface area contributed by atoms with Crippen molar-refractivity contribution in [2.24, 2.45) is 0 Å². The third-order valence-electron chi connectivity index (χ3n) is 3.74. The maximum Gasteiger partial charge on any atom is 0.115 e. The van der Waals surface area contributed by atoms with E-state index < -0.39 is 0 Å². The number of nitrogens with one attached hydrogen (secondary N) is 1. The first kappa shape index (κ1) is 12.2. The number of aryl methyl sites for hydroxylation is 2. The van der Waals surface area contributed by atoms with Gasteiger partial charge in [-0.1, -0.05) is 12.1 Å². The van der Waals surface area contributed by atoms with Gasteiger partial charge in [0.15, 0.2) is 0 Å². The van der Waals surface area contributed by atoms with Crippen molar-refractivity contribution in [3.8, 4) is 5.75 Å². The van der Waals surface area contributed by atoms with Crippen LogP contribution in [0.4, 0.5) is 0 Å². The molecule has 1 aliphatic rings. The zero-order chi connectivity index (χ0) is 13.1. The highest BCUT2D eigenvalue weighted by Crippen LogP contribution is 2.22. The lowest BCUT2D eigenvalue weighted by Gasteiger charge is -2.13. The van der Waals surface area contributed by atoms with Crippen molar-refractivity contribution in [3.05, 3.63) is 48.0 Å². The van der Waals surface area contributed by atoms with Crippen LogP contribution in [0.3, 0.4) is 0 Å². The van der Waals surface area contributed by atoms with Gasteiger partial charge in [-0.2, -0.15) is 0 Å². The van der Waals surface area contributed by atoms with Gasteiger partial charge in [0.25, 0.3) is 0 Å². The second-order valence-electron chi connectivity index (χ2n) is 5.08. The summed E-state index contributed by atoms with van der Waals surface area (Å²) < 4.78 is 2.23.